The van der Waals surface area contributed by atoms with Gasteiger partial charge in [-0.3, -0.25) is 0 Å². The van der Waals surface area contributed by atoms with Crippen molar-refractivity contribution >= 4 is 28.2 Å². The summed E-state index contributed by atoms with van der Waals surface area (Å²) in [7, 11) is 3.10. The van der Waals surface area contributed by atoms with Gasteiger partial charge in [-0.25, -0.2) is 9.37 Å². The van der Waals surface area contributed by atoms with Gasteiger partial charge in [-0.1, -0.05) is 29.8 Å². The number of halogens is 2. The molecule has 1 N–H and O–H groups in total. The Morgan fingerprint density at radius 1 is 0.972 bits per heavy atom. The van der Waals surface area contributed by atoms with E-state index in [2.05, 4.69) is 9.88 Å². The molecule has 4 aromatic rings. The molecule has 1 atom stereocenters. The van der Waals surface area contributed by atoms with Crippen LogP contribution in [-0.4, -0.2) is 50.6 Å². The summed E-state index contributed by atoms with van der Waals surface area (Å²) < 4.78 is 31.5. The lowest BCUT2D eigenvalue weighted by Crippen LogP contribution is -2.36. The van der Waals surface area contributed by atoms with Gasteiger partial charge in [-0.2, -0.15) is 0 Å². The van der Waals surface area contributed by atoms with Gasteiger partial charge in [0.05, 0.1) is 33.0 Å². The first-order valence-corrected chi connectivity index (χ1v) is 12.0. The van der Waals surface area contributed by atoms with Crippen molar-refractivity contribution < 1.29 is 23.7 Å². The number of hydrogen-bond donors (Lipinski definition) is 1. The van der Waals surface area contributed by atoms with Crippen LogP contribution in [0.1, 0.15) is 17.2 Å². The average molecular weight is 509 g/mol. The number of nitrogens with zero attached hydrogens (tertiary/aromatic N) is 2. The van der Waals surface area contributed by atoms with Crippen molar-refractivity contribution in [3.8, 4) is 22.8 Å². The third-order valence-electron chi connectivity index (χ3n) is 6.46. The molecule has 0 saturated carbocycles. The summed E-state index contributed by atoms with van der Waals surface area (Å²) in [5.41, 5.74) is 3.61. The van der Waals surface area contributed by atoms with Crippen molar-refractivity contribution in [1.82, 2.24) is 4.98 Å². The van der Waals surface area contributed by atoms with Crippen molar-refractivity contribution in [3.05, 3.63) is 82.6 Å². The summed E-state index contributed by atoms with van der Waals surface area (Å²) in [4.78, 5) is 6.85. The third-order valence-corrected chi connectivity index (χ3v) is 6.79. The summed E-state index contributed by atoms with van der Waals surface area (Å²) in [5.74, 6) is 0.532. The van der Waals surface area contributed by atoms with Crippen molar-refractivity contribution in [2.45, 2.75) is 6.10 Å². The van der Waals surface area contributed by atoms with Crippen LogP contribution in [-0.2, 0) is 4.74 Å². The van der Waals surface area contributed by atoms with Gasteiger partial charge in [-0.05, 0) is 47.5 Å². The number of morpholine rings is 1. The van der Waals surface area contributed by atoms with E-state index in [0.717, 1.165) is 24.2 Å². The van der Waals surface area contributed by atoms with Crippen LogP contribution >= 0.6 is 11.6 Å². The maximum absolute atomic E-state index is 15.3. The first-order valence-electron chi connectivity index (χ1n) is 11.6. The van der Waals surface area contributed by atoms with Crippen LogP contribution in [0.4, 0.5) is 10.1 Å². The molecular formula is C28H26ClFN2O4. The van der Waals surface area contributed by atoms with Gasteiger partial charge < -0.3 is 24.2 Å². The van der Waals surface area contributed by atoms with Crippen LogP contribution in [0.2, 0.25) is 5.02 Å². The van der Waals surface area contributed by atoms with E-state index in [1.165, 1.54) is 13.2 Å². The summed E-state index contributed by atoms with van der Waals surface area (Å²) >= 11 is 6.40. The first-order chi connectivity index (χ1) is 17.5. The molecule has 0 spiro atoms. The van der Waals surface area contributed by atoms with Gasteiger partial charge in [0.25, 0.3) is 0 Å². The molecule has 6 nitrogen and oxygen atoms in total. The van der Waals surface area contributed by atoms with E-state index in [1.54, 1.807) is 43.5 Å². The van der Waals surface area contributed by atoms with Crippen molar-refractivity contribution in [2.24, 2.45) is 0 Å². The third kappa shape index (κ3) is 4.69. The van der Waals surface area contributed by atoms with Gasteiger partial charge in [0.15, 0.2) is 0 Å². The Morgan fingerprint density at radius 2 is 1.72 bits per heavy atom. The number of ether oxygens (including phenoxy) is 3. The Hall–Kier alpha value is -3.39. The standard InChI is InChI=1S/C28H26ClFN2O4/c1-34-19-6-3-17(4-7-19)28(33)23-14-22(25(30)16-24(23)29)21-15-27(35-2)31-26-13-18(5-8-20(21)26)32-9-11-36-12-10-32/h3-8,13-16,28,33H,9-12H2,1-2H3. The number of rotatable bonds is 6. The van der Waals surface area contributed by atoms with E-state index >= 15 is 4.39 Å². The normalized spacial score (nSPS) is 14.6. The fraction of sp³-hybridized carbons (Fsp3) is 0.250. The van der Waals surface area contributed by atoms with Crippen molar-refractivity contribution in [1.29, 1.82) is 0 Å². The predicted octanol–water partition coefficient (Wildman–Crippen LogP) is 5.63. The molecule has 1 aliphatic rings. The van der Waals surface area contributed by atoms with E-state index in [0.29, 0.717) is 52.6 Å². The second-order valence-corrected chi connectivity index (χ2v) is 8.95. The van der Waals surface area contributed by atoms with Crippen LogP contribution in [0.25, 0.3) is 22.0 Å². The molecule has 0 aliphatic carbocycles. The maximum atomic E-state index is 15.3. The van der Waals surface area contributed by atoms with Crippen LogP contribution < -0.4 is 14.4 Å². The minimum Gasteiger partial charge on any atom is -0.497 e. The van der Waals surface area contributed by atoms with Crippen LogP contribution in [0.15, 0.2) is 60.7 Å². The van der Waals surface area contributed by atoms with E-state index in [1.807, 2.05) is 18.2 Å². The summed E-state index contributed by atoms with van der Waals surface area (Å²) in [6.07, 6.45) is -1.05. The van der Waals surface area contributed by atoms with Gasteiger partial charge in [0, 0.05) is 46.4 Å². The molecule has 8 heteroatoms. The molecular weight excluding hydrogens is 483 g/mol. The van der Waals surface area contributed by atoms with Gasteiger partial charge in [0.1, 0.15) is 17.7 Å². The lowest BCUT2D eigenvalue weighted by Gasteiger charge is -2.29. The Morgan fingerprint density at radius 3 is 2.42 bits per heavy atom. The molecule has 3 aromatic carbocycles. The van der Waals surface area contributed by atoms with Crippen molar-refractivity contribution in [3.63, 3.8) is 0 Å². The Labute approximate surface area is 213 Å². The number of pyridine rings is 1. The van der Waals surface area contributed by atoms with Crippen LogP contribution in [0, 0.1) is 5.82 Å². The summed E-state index contributed by atoms with van der Waals surface area (Å²) in [6.45, 7) is 2.93. The number of hydrogen-bond acceptors (Lipinski definition) is 6. The smallest absolute Gasteiger partial charge is 0.214 e. The molecule has 5 rings (SSSR count). The zero-order chi connectivity index (χ0) is 25.2. The van der Waals surface area contributed by atoms with Gasteiger partial charge in [0.2, 0.25) is 5.88 Å². The summed E-state index contributed by atoms with van der Waals surface area (Å²) in [5, 5.41) is 12.0. The van der Waals surface area contributed by atoms with Crippen molar-refractivity contribution in [2.75, 3.05) is 45.4 Å². The molecule has 1 aliphatic heterocycles. The predicted molar refractivity (Wildman–Crippen MR) is 139 cm³/mol. The zero-order valence-electron chi connectivity index (χ0n) is 20.0. The minimum atomic E-state index is -1.05. The molecule has 0 radical (unpaired) electrons. The number of anilines is 1. The van der Waals surface area contributed by atoms with E-state index < -0.39 is 11.9 Å². The van der Waals surface area contributed by atoms with Crippen LogP contribution in [0.3, 0.4) is 0 Å². The highest BCUT2D eigenvalue weighted by atomic mass is 35.5. The van der Waals surface area contributed by atoms with E-state index in [9.17, 15) is 5.11 Å². The van der Waals surface area contributed by atoms with E-state index in [-0.39, 0.29) is 5.02 Å². The van der Waals surface area contributed by atoms with Gasteiger partial charge in [-0.15, -0.1) is 0 Å². The number of methoxy groups -OCH3 is 2. The highest BCUT2D eigenvalue weighted by Gasteiger charge is 2.21. The second-order valence-electron chi connectivity index (χ2n) is 8.54. The number of aromatic nitrogens is 1. The van der Waals surface area contributed by atoms with Crippen LogP contribution in [0.5, 0.6) is 11.6 Å². The largest absolute Gasteiger partial charge is 0.497 e. The fourth-order valence-electron chi connectivity index (χ4n) is 4.49. The second kappa shape index (κ2) is 10.3. The number of fused-ring (bicyclic) bond motifs is 1. The molecule has 186 valence electrons. The quantitative estimate of drug-likeness (QED) is 0.364. The molecule has 1 aromatic heterocycles. The molecule has 0 bridgehead atoms. The number of aliphatic hydroxyl groups is 1. The Kier molecular flexibility index (Phi) is 6.96. The highest BCUT2D eigenvalue weighted by molar-refractivity contribution is 6.31. The molecule has 0 amide bonds. The zero-order valence-corrected chi connectivity index (χ0v) is 20.8. The van der Waals surface area contributed by atoms with Gasteiger partial charge >= 0.3 is 0 Å². The number of benzene rings is 3. The Balaban J connectivity index is 1.61. The first kappa shape index (κ1) is 24.3. The fourth-order valence-corrected chi connectivity index (χ4v) is 4.74. The lowest BCUT2D eigenvalue weighted by atomic mass is 9.94. The average Bonchev–Trinajstić information content (AvgIpc) is 2.92. The maximum Gasteiger partial charge on any atom is 0.214 e. The Bertz CT molecular complexity index is 1390. The molecule has 1 unspecified atom stereocenters. The minimum absolute atomic E-state index is 0.138. The topological polar surface area (TPSA) is 64.0 Å². The molecule has 1 saturated heterocycles. The SMILES string of the molecule is COc1ccc(C(O)c2cc(-c3cc(OC)nc4cc(N5CCOCC5)ccc34)c(F)cc2Cl)cc1. The van der Waals surface area contributed by atoms with E-state index in [4.69, 9.17) is 25.8 Å². The monoisotopic (exact) mass is 508 g/mol. The summed E-state index contributed by atoms with van der Waals surface area (Å²) in [6, 6.07) is 17.5. The highest BCUT2D eigenvalue weighted by Crippen LogP contribution is 2.39. The molecule has 36 heavy (non-hydrogen) atoms. The lowest BCUT2D eigenvalue weighted by molar-refractivity contribution is 0.122. The molecule has 1 fully saturated rings. The molecule has 2 heterocycles. The number of aliphatic hydroxyl groups excluding tert-OH is 1.